The summed E-state index contributed by atoms with van der Waals surface area (Å²) in [6.07, 6.45) is -0.271. The second kappa shape index (κ2) is 5.66. The van der Waals surface area contributed by atoms with Crippen molar-refractivity contribution < 1.29 is 14.6 Å². The second-order valence-corrected chi connectivity index (χ2v) is 4.17. The smallest absolute Gasteiger partial charge is 0.338 e. The summed E-state index contributed by atoms with van der Waals surface area (Å²) in [5.41, 5.74) is 1.65. The Kier molecular flexibility index (Phi) is 4.50. The van der Waals surface area contributed by atoms with Crippen molar-refractivity contribution in [2.75, 3.05) is 0 Å². The molecule has 0 radical (unpaired) electrons. The van der Waals surface area contributed by atoms with Crippen molar-refractivity contribution in [1.29, 1.82) is 0 Å². The molecular weight excluding hydrogens is 204 g/mol. The fourth-order valence-corrected chi connectivity index (χ4v) is 1.47. The monoisotopic (exact) mass is 222 g/mol. The molecule has 1 N–H and O–H groups in total. The van der Waals surface area contributed by atoms with Gasteiger partial charge in [0.05, 0.1) is 11.7 Å². The van der Waals surface area contributed by atoms with E-state index in [9.17, 15) is 4.79 Å². The van der Waals surface area contributed by atoms with Gasteiger partial charge in [-0.2, -0.15) is 0 Å². The first kappa shape index (κ1) is 12.7. The Bertz CT molecular complexity index is 341. The third-order valence-corrected chi connectivity index (χ3v) is 2.27. The number of aliphatic hydroxyl groups is 1. The van der Waals surface area contributed by atoms with E-state index in [4.69, 9.17) is 9.84 Å². The van der Waals surface area contributed by atoms with Crippen LogP contribution in [0.4, 0.5) is 0 Å². The van der Waals surface area contributed by atoms with Gasteiger partial charge in [0, 0.05) is 6.42 Å². The molecule has 0 bridgehead atoms. The van der Waals surface area contributed by atoms with E-state index in [-0.39, 0.29) is 12.1 Å². The Morgan fingerprint density at radius 2 is 1.88 bits per heavy atom. The quantitative estimate of drug-likeness (QED) is 0.795. The van der Waals surface area contributed by atoms with Crippen LogP contribution >= 0.6 is 0 Å². The number of aryl methyl sites for hydroxylation is 1. The summed E-state index contributed by atoms with van der Waals surface area (Å²) in [4.78, 5) is 11.6. The van der Waals surface area contributed by atoms with E-state index in [1.807, 2.05) is 19.1 Å². The summed E-state index contributed by atoms with van der Waals surface area (Å²) in [6, 6.07) is 7.23. The van der Waals surface area contributed by atoms with Gasteiger partial charge in [0.15, 0.2) is 0 Å². The van der Waals surface area contributed by atoms with E-state index >= 15 is 0 Å². The average molecular weight is 222 g/mol. The first-order chi connectivity index (χ1) is 7.49. The first-order valence-electron chi connectivity index (χ1n) is 5.44. The van der Waals surface area contributed by atoms with Gasteiger partial charge in [0.2, 0.25) is 0 Å². The molecule has 1 rings (SSSR count). The fraction of sp³-hybridized carbons (Fsp3) is 0.462. The molecule has 0 aliphatic carbocycles. The van der Waals surface area contributed by atoms with Crippen molar-refractivity contribution in [2.45, 2.75) is 39.4 Å². The maximum absolute atomic E-state index is 11.6. The van der Waals surface area contributed by atoms with Crippen molar-refractivity contribution in [2.24, 2.45) is 0 Å². The van der Waals surface area contributed by atoms with Crippen molar-refractivity contribution in [1.82, 2.24) is 0 Å². The third-order valence-electron chi connectivity index (χ3n) is 2.27. The predicted octanol–water partition coefficient (Wildman–Crippen LogP) is 2.31. The highest BCUT2D eigenvalue weighted by atomic mass is 16.5. The Morgan fingerprint density at radius 1 is 1.31 bits per heavy atom. The molecule has 0 amide bonds. The lowest BCUT2D eigenvalue weighted by molar-refractivity contribution is 0.0222. The zero-order chi connectivity index (χ0) is 12.1. The number of hydrogen-bond donors (Lipinski definition) is 1. The molecule has 0 spiro atoms. The highest BCUT2D eigenvalue weighted by Crippen LogP contribution is 2.09. The zero-order valence-corrected chi connectivity index (χ0v) is 9.93. The summed E-state index contributed by atoms with van der Waals surface area (Å²) in [6.45, 7) is 5.42. The molecule has 1 aromatic carbocycles. The maximum atomic E-state index is 11.6. The molecule has 0 saturated carbocycles. The molecule has 0 fully saturated rings. The zero-order valence-electron chi connectivity index (χ0n) is 9.93. The lowest BCUT2D eigenvalue weighted by Gasteiger charge is -2.14. The van der Waals surface area contributed by atoms with Crippen LogP contribution in [0.2, 0.25) is 0 Å². The average Bonchev–Trinajstić information content (AvgIpc) is 2.16. The molecule has 1 aromatic rings. The number of esters is 1. The van der Waals surface area contributed by atoms with E-state index in [0.717, 1.165) is 5.56 Å². The lowest BCUT2D eigenvalue weighted by atomic mass is 10.1. The van der Waals surface area contributed by atoms with Crippen molar-refractivity contribution in [3.8, 4) is 0 Å². The summed E-state index contributed by atoms with van der Waals surface area (Å²) in [7, 11) is 0. The molecule has 3 nitrogen and oxygen atoms in total. The molecule has 0 heterocycles. The highest BCUT2D eigenvalue weighted by Gasteiger charge is 2.13. The van der Waals surface area contributed by atoms with E-state index in [2.05, 4.69) is 0 Å². The number of aliphatic hydroxyl groups excluding tert-OH is 1. The van der Waals surface area contributed by atoms with Crippen LogP contribution in [0.25, 0.3) is 0 Å². The van der Waals surface area contributed by atoms with Crippen LogP contribution in [0.3, 0.4) is 0 Å². The predicted molar refractivity (Wildman–Crippen MR) is 62.4 cm³/mol. The number of rotatable bonds is 4. The lowest BCUT2D eigenvalue weighted by Crippen LogP contribution is -2.19. The van der Waals surface area contributed by atoms with E-state index in [0.29, 0.717) is 12.0 Å². The SMILES string of the molecule is Cc1ccc(C(=O)OC(C)CC(C)O)cc1. The van der Waals surface area contributed by atoms with Gasteiger partial charge in [-0.1, -0.05) is 17.7 Å². The Labute approximate surface area is 96.1 Å². The first-order valence-corrected chi connectivity index (χ1v) is 5.44. The molecule has 0 aliphatic heterocycles. The molecule has 0 saturated heterocycles. The van der Waals surface area contributed by atoms with E-state index in [1.54, 1.807) is 26.0 Å². The third kappa shape index (κ3) is 4.03. The van der Waals surface area contributed by atoms with Gasteiger partial charge in [-0.25, -0.2) is 4.79 Å². The normalized spacial score (nSPS) is 14.2. The topological polar surface area (TPSA) is 46.5 Å². The van der Waals surface area contributed by atoms with E-state index in [1.165, 1.54) is 0 Å². The van der Waals surface area contributed by atoms with Crippen LogP contribution in [0, 0.1) is 6.92 Å². The fourth-order valence-electron chi connectivity index (χ4n) is 1.47. The van der Waals surface area contributed by atoms with Gasteiger partial charge in [-0.05, 0) is 32.9 Å². The molecule has 16 heavy (non-hydrogen) atoms. The minimum atomic E-state index is -0.458. The van der Waals surface area contributed by atoms with Crippen LogP contribution in [-0.4, -0.2) is 23.3 Å². The van der Waals surface area contributed by atoms with Crippen molar-refractivity contribution in [3.63, 3.8) is 0 Å². The largest absolute Gasteiger partial charge is 0.459 e. The number of ether oxygens (including phenoxy) is 1. The van der Waals surface area contributed by atoms with Crippen molar-refractivity contribution in [3.05, 3.63) is 35.4 Å². The van der Waals surface area contributed by atoms with Gasteiger partial charge in [0.1, 0.15) is 6.10 Å². The Morgan fingerprint density at radius 3 is 2.38 bits per heavy atom. The van der Waals surface area contributed by atoms with Crippen LogP contribution in [0.1, 0.15) is 36.2 Å². The number of hydrogen-bond acceptors (Lipinski definition) is 3. The van der Waals surface area contributed by atoms with Gasteiger partial charge >= 0.3 is 5.97 Å². The second-order valence-electron chi connectivity index (χ2n) is 4.17. The minimum absolute atomic E-state index is 0.270. The number of carbonyl (C=O) groups excluding carboxylic acids is 1. The molecule has 3 heteroatoms. The number of carbonyl (C=O) groups is 1. The molecule has 88 valence electrons. The van der Waals surface area contributed by atoms with Crippen LogP contribution < -0.4 is 0 Å². The van der Waals surface area contributed by atoms with E-state index < -0.39 is 6.10 Å². The van der Waals surface area contributed by atoms with Crippen LogP contribution in [-0.2, 0) is 4.74 Å². The van der Waals surface area contributed by atoms with Gasteiger partial charge < -0.3 is 9.84 Å². The molecular formula is C13H18O3. The highest BCUT2D eigenvalue weighted by molar-refractivity contribution is 5.89. The van der Waals surface area contributed by atoms with Gasteiger partial charge in [0.25, 0.3) is 0 Å². The standard InChI is InChI=1S/C13H18O3/c1-9-4-6-12(7-5-9)13(15)16-11(3)8-10(2)14/h4-7,10-11,14H,8H2,1-3H3. The van der Waals surface area contributed by atoms with Crippen LogP contribution in [0.15, 0.2) is 24.3 Å². The Hall–Kier alpha value is -1.35. The molecule has 2 unspecified atom stereocenters. The molecule has 2 atom stereocenters. The molecule has 0 aliphatic rings. The van der Waals surface area contributed by atoms with Gasteiger partial charge in [-0.15, -0.1) is 0 Å². The minimum Gasteiger partial charge on any atom is -0.459 e. The molecule has 0 aromatic heterocycles. The summed E-state index contributed by atoms with van der Waals surface area (Å²) in [5, 5.41) is 9.15. The van der Waals surface area contributed by atoms with Crippen LogP contribution in [0.5, 0.6) is 0 Å². The number of benzene rings is 1. The summed E-state index contributed by atoms with van der Waals surface area (Å²) in [5.74, 6) is -0.340. The summed E-state index contributed by atoms with van der Waals surface area (Å²) < 4.78 is 5.19. The van der Waals surface area contributed by atoms with Crippen molar-refractivity contribution >= 4 is 5.97 Å². The maximum Gasteiger partial charge on any atom is 0.338 e. The van der Waals surface area contributed by atoms with Gasteiger partial charge in [-0.3, -0.25) is 0 Å². The summed E-state index contributed by atoms with van der Waals surface area (Å²) >= 11 is 0. The Balaban J connectivity index is 2.55.